The summed E-state index contributed by atoms with van der Waals surface area (Å²) in [6.07, 6.45) is -5.02. The Bertz CT molecular complexity index is 2750. The number of halogens is 1. The van der Waals surface area contributed by atoms with E-state index in [0.717, 1.165) is 17.2 Å². The van der Waals surface area contributed by atoms with E-state index in [4.69, 9.17) is 16.3 Å². The molecule has 0 spiro atoms. The summed E-state index contributed by atoms with van der Waals surface area (Å²) >= 11 is 6.58. The second-order valence-corrected chi connectivity index (χ2v) is 14.7. The number of fused-ring (bicyclic) bond motifs is 1. The largest absolute Gasteiger partial charge is 0.478 e. The number of hydrogen-bond acceptors (Lipinski definition) is 11. The molecular weight excluding hydrogens is 806 g/mol. The average molecular weight is 842 g/mol. The monoisotopic (exact) mass is 841 g/mol. The van der Waals surface area contributed by atoms with Gasteiger partial charge in [-0.1, -0.05) is 115 Å². The number of aliphatic hydroxyl groups excluding tert-OH is 1. The molecule has 1 unspecified atom stereocenters. The maximum atomic E-state index is 13.6. The molecule has 1 aliphatic rings. The summed E-state index contributed by atoms with van der Waals surface area (Å²) in [5, 5.41) is 73.4. The molecule has 0 bridgehead atoms. The highest BCUT2D eigenvalue weighted by Crippen LogP contribution is 2.61. The van der Waals surface area contributed by atoms with Gasteiger partial charge in [0.15, 0.2) is 34.4 Å². The van der Waals surface area contributed by atoms with Crippen LogP contribution in [0.25, 0.3) is 11.2 Å². The van der Waals surface area contributed by atoms with Gasteiger partial charge in [-0.15, -0.1) is 0 Å². The van der Waals surface area contributed by atoms with E-state index < -0.39 is 75.4 Å². The number of ether oxygens (including phenoxy) is 1. The Morgan fingerprint density at radius 3 is 1.74 bits per heavy atom. The first kappa shape index (κ1) is 40.8. The molecule has 308 valence electrons. The molecule has 0 aliphatic carbocycles. The molecule has 61 heavy (non-hydrogen) atoms. The van der Waals surface area contributed by atoms with Crippen LogP contribution in [0.2, 0.25) is 5.28 Å². The fourth-order valence-electron chi connectivity index (χ4n) is 8.31. The van der Waals surface area contributed by atoms with Crippen LogP contribution >= 0.6 is 11.6 Å². The standard InChI is InChI=1S/C45H36ClN5O10/c46-43-49-37(47-23-31(25-13-3-1-4-14-25)26-15-5-2-6-16-26)34-38(50-43)51(24-48-34)42-45(60,33-22-12-10-20-30(33)41(57)58)44(59,32-21-11-9-19-29(32)40(55)56)36(61-42)35(52)27-17-7-8-18-28(27)39(53)54/h1-22,24,31,35-36,42,52,59-60H,23H2,(H,53,54)(H,55,56)(H,57,58)(H,47,49,50)/t35?,36-,42-,44-,45+/m1/s1. The zero-order chi connectivity index (χ0) is 43.1. The number of nitrogens with one attached hydrogen (secondary N) is 1. The van der Waals surface area contributed by atoms with E-state index in [1.54, 1.807) is 0 Å². The molecule has 15 nitrogen and oxygen atoms in total. The van der Waals surface area contributed by atoms with Crippen LogP contribution in [0.15, 0.2) is 140 Å². The van der Waals surface area contributed by atoms with E-state index in [1.807, 2.05) is 60.7 Å². The molecule has 0 radical (unpaired) electrons. The molecule has 3 heterocycles. The van der Waals surface area contributed by atoms with Crippen LogP contribution < -0.4 is 5.32 Å². The number of rotatable bonds is 13. The Hall–Kier alpha value is -7.01. The summed E-state index contributed by atoms with van der Waals surface area (Å²) in [6.45, 7) is 0.294. The van der Waals surface area contributed by atoms with E-state index in [9.17, 15) is 45.0 Å². The highest BCUT2D eigenvalue weighted by molar-refractivity contribution is 6.28. The average Bonchev–Trinajstić information content (AvgIpc) is 3.80. The Kier molecular flexibility index (Phi) is 10.8. The van der Waals surface area contributed by atoms with Gasteiger partial charge in [0.1, 0.15) is 12.2 Å². The fraction of sp³-hybridized carbons (Fsp3) is 0.156. The van der Waals surface area contributed by atoms with Crippen molar-refractivity contribution in [3.63, 3.8) is 0 Å². The summed E-state index contributed by atoms with van der Waals surface area (Å²) in [5.41, 5.74) is -6.75. The lowest BCUT2D eigenvalue weighted by Gasteiger charge is -2.43. The predicted octanol–water partition coefficient (Wildman–Crippen LogP) is 6.22. The zero-order valence-electron chi connectivity index (χ0n) is 31.8. The van der Waals surface area contributed by atoms with E-state index in [2.05, 4.69) is 20.3 Å². The van der Waals surface area contributed by atoms with Crippen LogP contribution in [-0.2, 0) is 15.9 Å². The number of nitrogens with zero attached hydrogens (tertiary/aromatic N) is 4. The van der Waals surface area contributed by atoms with Crippen molar-refractivity contribution in [3.8, 4) is 0 Å². The van der Waals surface area contributed by atoms with Gasteiger partial charge >= 0.3 is 17.9 Å². The van der Waals surface area contributed by atoms with Crippen molar-refractivity contribution in [3.05, 3.63) is 190 Å². The summed E-state index contributed by atoms with van der Waals surface area (Å²) < 4.78 is 7.71. The van der Waals surface area contributed by atoms with E-state index in [1.165, 1.54) is 77.6 Å². The second-order valence-electron chi connectivity index (χ2n) is 14.4. The number of imidazole rings is 1. The summed E-state index contributed by atoms with van der Waals surface area (Å²) in [7, 11) is 0. The molecule has 5 atom stereocenters. The van der Waals surface area contributed by atoms with Gasteiger partial charge in [0.2, 0.25) is 5.28 Å². The number of aromatic nitrogens is 4. The van der Waals surface area contributed by atoms with E-state index in [-0.39, 0.29) is 33.7 Å². The lowest BCUT2D eigenvalue weighted by molar-refractivity contribution is -0.175. The number of aromatic carboxylic acids is 3. The van der Waals surface area contributed by atoms with E-state index in [0.29, 0.717) is 6.54 Å². The molecule has 8 rings (SSSR count). The molecule has 0 amide bonds. The van der Waals surface area contributed by atoms with Crippen molar-refractivity contribution in [1.82, 2.24) is 19.5 Å². The van der Waals surface area contributed by atoms with Crippen molar-refractivity contribution >= 4 is 46.5 Å². The van der Waals surface area contributed by atoms with Crippen LogP contribution in [0.1, 0.15) is 77.1 Å². The van der Waals surface area contributed by atoms with Crippen molar-refractivity contribution in [1.29, 1.82) is 0 Å². The second kappa shape index (κ2) is 16.2. The molecular formula is C45H36ClN5O10. The molecule has 7 N–H and O–H groups in total. The third kappa shape index (κ3) is 6.93. The maximum absolute atomic E-state index is 13.6. The minimum atomic E-state index is -3.09. The lowest BCUT2D eigenvalue weighted by Crippen LogP contribution is -2.55. The van der Waals surface area contributed by atoms with Gasteiger partial charge < -0.3 is 40.7 Å². The number of hydrogen-bond donors (Lipinski definition) is 7. The topological polar surface area (TPSA) is 237 Å². The van der Waals surface area contributed by atoms with Gasteiger partial charge in [-0.3, -0.25) is 4.57 Å². The minimum absolute atomic E-state index is 0.0790. The number of anilines is 1. The van der Waals surface area contributed by atoms with Crippen molar-refractivity contribution in [2.75, 3.05) is 11.9 Å². The first-order chi connectivity index (χ1) is 29.4. The van der Waals surface area contributed by atoms with Crippen LogP contribution in [0, 0.1) is 0 Å². The molecule has 16 heteroatoms. The van der Waals surface area contributed by atoms with Crippen LogP contribution in [0.5, 0.6) is 0 Å². The van der Waals surface area contributed by atoms with Crippen LogP contribution in [0.4, 0.5) is 5.82 Å². The first-order valence-corrected chi connectivity index (χ1v) is 19.2. The Balaban J connectivity index is 1.35. The van der Waals surface area contributed by atoms with Crippen LogP contribution in [-0.4, -0.2) is 80.7 Å². The fourth-order valence-corrected chi connectivity index (χ4v) is 8.47. The predicted molar refractivity (Wildman–Crippen MR) is 220 cm³/mol. The molecule has 1 fully saturated rings. The third-order valence-corrected chi connectivity index (χ3v) is 11.3. The van der Waals surface area contributed by atoms with Gasteiger partial charge in [0.25, 0.3) is 0 Å². The lowest BCUT2D eigenvalue weighted by atomic mass is 9.67. The number of aliphatic hydroxyl groups is 3. The van der Waals surface area contributed by atoms with Crippen molar-refractivity contribution in [2.24, 2.45) is 0 Å². The van der Waals surface area contributed by atoms with Crippen molar-refractivity contribution in [2.45, 2.75) is 35.6 Å². The normalized spacial score (nSPS) is 20.4. The smallest absolute Gasteiger partial charge is 0.336 e. The number of carboxylic acid groups (broad SMARTS) is 3. The van der Waals surface area contributed by atoms with Crippen molar-refractivity contribution < 1.29 is 49.8 Å². The van der Waals surface area contributed by atoms with Crippen LogP contribution in [0.3, 0.4) is 0 Å². The maximum Gasteiger partial charge on any atom is 0.336 e. The zero-order valence-corrected chi connectivity index (χ0v) is 32.5. The minimum Gasteiger partial charge on any atom is -0.478 e. The van der Waals surface area contributed by atoms with Gasteiger partial charge in [0, 0.05) is 23.6 Å². The highest BCUT2D eigenvalue weighted by atomic mass is 35.5. The number of benzene rings is 5. The Labute approximate surface area is 351 Å². The van der Waals surface area contributed by atoms with Gasteiger partial charge in [0.05, 0.1) is 23.0 Å². The van der Waals surface area contributed by atoms with Gasteiger partial charge in [-0.2, -0.15) is 9.97 Å². The Morgan fingerprint density at radius 1 is 0.689 bits per heavy atom. The van der Waals surface area contributed by atoms with Gasteiger partial charge in [-0.05, 0) is 46.5 Å². The molecule has 0 saturated carbocycles. The SMILES string of the molecule is O=C(O)c1ccccc1C(O)[C@H]1O[C@@H](n2cnc3c(NCC(c4ccccc4)c4ccccc4)nc(Cl)nc32)[C@@](O)(c2ccccc2C(=O)O)[C@@]1(O)c1ccccc1C(=O)O. The summed E-state index contributed by atoms with van der Waals surface area (Å²) in [6, 6.07) is 35.1. The summed E-state index contributed by atoms with van der Waals surface area (Å²) in [5.74, 6) is -4.54. The first-order valence-electron chi connectivity index (χ1n) is 18.9. The number of carbonyl (C=O) groups is 3. The molecule has 5 aromatic carbocycles. The third-order valence-electron chi connectivity index (χ3n) is 11.1. The van der Waals surface area contributed by atoms with E-state index >= 15 is 0 Å². The number of carboxylic acids is 3. The summed E-state index contributed by atoms with van der Waals surface area (Å²) in [4.78, 5) is 51.6. The molecule has 2 aromatic heterocycles. The quantitative estimate of drug-likeness (QED) is 0.0638. The van der Waals surface area contributed by atoms with Gasteiger partial charge in [-0.25, -0.2) is 19.4 Å². The molecule has 1 saturated heterocycles. The molecule has 1 aliphatic heterocycles. The Morgan fingerprint density at radius 2 is 1.18 bits per heavy atom. The highest BCUT2D eigenvalue weighted by Gasteiger charge is 2.71. The molecule has 7 aromatic rings.